The lowest BCUT2D eigenvalue weighted by atomic mass is 10.1. The van der Waals surface area contributed by atoms with E-state index in [1.807, 2.05) is 44.4 Å². The molecule has 8 heteroatoms. The molecule has 0 saturated heterocycles. The van der Waals surface area contributed by atoms with Crippen molar-refractivity contribution in [3.8, 4) is 0 Å². The molecule has 0 fully saturated rings. The van der Waals surface area contributed by atoms with Gasteiger partial charge < -0.3 is 15.5 Å². The van der Waals surface area contributed by atoms with E-state index in [1.54, 1.807) is 0 Å². The molecule has 1 atom stereocenters. The molecule has 2 aromatic carbocycles. The number of halogens is 3. The number of quaternary nitrogens is 1. The van der Waals surface area contributed by atoms with Gasteiger partial charge in [-0.3, -0.25) is 9.59 Å². The topological polar surface area (TPSA) is 62.6 Å². The number of rotatable bonds is 7. The Morgan fingerprint density at radius 3 is 2.14 bits per heavy atom. The Labute approximate surface area is 161 Å². The van der Waals surface area contributed by atoms with Crippen molar-refractivity contribution in [2.24, 2.45) is 0 Å². The van der Waals surface area contributed by atoms with Gasteiger partial charge in [0, 0.05) is 5.56 Å². The molecule has 0 unspecified atom stereocenters. The second kappa shape index (κ2) is 9.36. The molecule has 5 nitrogen and oxygen atoms in total. The average Bonchev–Trinajstić information content (AvgIpc) is 2.65. The standard InChI is InChI=1S/C20H22F3N3O2/c1-26(2)13-17(14-6-4-3-5-7-14)25-18(27)12-24-19(28)15-8-10-16(11-9-15)20(21,22)23/h3-11,17H,12-13H2,1-2H3,(H,24,28)(H,25,27)/p+1/t17-/m0/s1. The van der Waals surface area contributed by atoms with Crippen LogP contribution in [0.15, 0.2) is 54.6 Å². The molecule has 2 amide bonds. The predicted octanol–water partition coefficient (Wildman–Crippen LogP) is 1.44. The number of benzene rings is 2. The number of alkyl halides is 3. The summed E-state index contributed by atoms with van der Waals surface area (Å²) < 4.78 is 37.7. The number of nitrogens with one attached hydrogen (secondary N) is 3. The van der Waals surface area contributed by atoms with E-state index in [0.717, 1.165) is 34.7 Å². The van der Waals surface area contributed by atoms with Crippen LogP contribution in [-0.4, -0.2) is 39.0 Å². The fourth-order valence-electron chi connectivity index (χ4n) is 2.66. The third kappa shape index (κ3) is 6.38. The van der Waals surface area contributed by atoms with Crippen LogP contribution < -0.4 is 15.5 Å². The molecule has 0 spiro atoms. The van der Waals surface area contributed by atoms with E-state index in [0.29, 0.717) is 6.54 Å². The molecule has 3 N–H and O–H groups in total. The fraction of sp³-hybridized carbons (Fsp3) is 0.300. The summed E-state index contributed by atoms with van der Waals surface area (Å²) in [4.78, 5) is 25.5. The zero-order valence-corrected chi connectivity index (χ0v) is 15.6. The lowest BCUT2D eigenvalue weighted by molar-refractivity contribution is -0.860. The summed E-state index contributed by atoms with van der Waals surface area (Å²) in [6.45, 7) is 0.383. The van der Waals surface area contributed by atoms with Gasteiger partial charge in [0.05, 0.1) is 26.2 Å². The summed E-state index contributed by atoms with van der Waals surface area (Å²) in [5.74, 6) is -0.992. The molecule has 0 aromatic heterocycles. The Kier molecular flexibility index (Phi) is 7.17. The fourth-order valence-corrected chi connectivity index (χ4v) is 2.66. The van der Waals surface area contributed by atoms with Crippen LogP contribution in [0.1, 0.15) is 27.5 Å². The Hall–Kier alpha value is -2.87. The highest BCUT2D eigenvalue weighted by Crippen LogP contribution is 2.29. The van der Waals surface area contributed by atoms with E-state index in [1.165, 1.54) is 0 Å². The lowest BCUT2D eigenvalue weighted by Crippen LogP contribution is -3.06. The first kappa shape index (κ1) is 21.4. The van der Waals surface area contributed by atoms with Gasteiger partial charge >= 0.3 is 6.18 Å². The SMILES string of the molecule is C[NH+](C)C[C@H](NC(=O)CNC(=O)c1ccc(C(F)(F)F)cc1)c1ccccc1. The van der Waals surface area contributed by atoms with Crippen molar-refractivity contribution in [3.63, 3.8) is 0 Å². The first-order valence-electron chi connectivity index (χ1n) is 8.75. The molecule has 0 aliphatic carbocycles. The molecule has 0 bridgehead atoms. The minimum Gasteiger partial charge on any atom is -0.343 e. The highest BCUT2D eigenvalue weighted by Gasteiger charge is 2.30. The van der Waals surface area contributed by atoms with Crippen LogP contribution in [0.3, 0.4) is 0 Å². The van der Waals surface area contributed by atoms with Gasteiger partial charge in [0.1, 0.15) is 12.6 Å². The Bertz CT molecular complexity index is 791. The van der Waals surface area contributed by atoms with Gasteiger partial charge in [-0.1, -0.05) is 30.3 Å². The number of carbonyl (C=O) groups is 2. The second-order valence-corrected chi connectivity index (χ2v) is 6.70. The van der Waals surface area contributed by atoms with Crippen molar-refractivity contribution in [1.29, 1.82) is 0 Å². The van der Waals surface area contributed by atoms with Crippen molar-refractivity contribution in [3.05, 3.63) is 71.3 Å². The summed E-state index contributed by atoms with van der Waals surface area (Å²) in [6.07, 6.45) is -4.46. The van der Waals surface area contributed by atoms with Gasteiger partial charge in [-0.05, 0) is 29.8 Å². The van der Waals surface area contributed by atoms with Crippen LogP contribution in [0.2, 0.25) is 0 Å². The van der Waals surface area contributed by atoms with Crippen LogP contribution in [0.5, 0.6) is 0 Å². The maximum atomic E-state index is 12.6. The van der Waals surface area contributed by atoms with E-state index in [-0.39, 0.29) is 24.1 Å². The highest BCUT2D eigenvalue weighted by atomic mass is 19.4. The van der Waals surface area contributed by atoms with Crippen molar-refractivity contribution in [1.82, 2.24) is 10.6 Å². The smallest absolute Gasteiger partial charge is 0.343 e. The Morgan fingerprint density at radius 1 is 1.00 bits per heavy atom. The summed E-state index contributed by atoms with van der Waals surface area (Å²) in [6, 6.07) is 13.1. The molecule has 2 rings (SSSR count). The third-order valence-corrected chi connectivity index (χ3v) is 4.03. The van der Waals surface area contributed by atoms with Gasteiger partial charge in [-0.2, -0.15) is 13.2 Å². The highest BCUT2D eigenvalue weighted by molar-refractivity contribution is 5.96. The van der Waals surface area contributed by atoms with E-state index in [4.69, 9.17) is 0 Å². The predicted molar refractivity (Wildman–Crippen MR) is 98.8 cm³/mol. The molecule has 150 valence electrons. The zero-order valence-electron chi connectivity index (χ0n) is 15.6. The maximum Gasteiger partial charge on any atom is 0.416 e. The van der Waals surface area contributed by atoms with Gasteiger partial charge in [0.2, 0.25) is 5.91 Å². The minimum absolute atomic E-state index is 0.0538. The van der Waals surface area contributed by atoms with Crippen LogP contribution in [0.25, 0.3) is 0 Å². The monoisotopic (exact) mass is 394 g/mol. The lowest BCUT2D eigenvalue weighted by Gasteiger charge is -2.21. The quantitative estimate of drug-likeness (QED) is 0.666. The van der Waals surface area contributed by atoms with Gasteiger partial charge in [-0.25, -0.2) is 0 Å². The Morgan fingerprint density at radius 2 is 1.61 bits per heavy atom. The van der Waals surface area contributed by atoms with Gasteiger partial charge in [0.25, 0.3) is 5.91 Å². The molecule has 0 saturated carbocycles. The summed E-state index contributed by atoms with van der Waals surface area (Å²) in [7, 11) is 3.93. The summed E-state index contributed by atoms with van der Waals surface area (Å²) in [5, 5.41) is 5.31. The average molecular weight is 394 g/mol. The number of amides is 2. The molecule has 28 heavy (non-hydrogen) atoms. The van der Waals surface area contributed by atoms with E-state index in [9.17, 15) is 22.8 Å². The van der Waals surface area contributed by atoms with Gasteiger partial charge in [-0.15, -0.1) is 0 Å². The number of carbonyl (C=O) groups excluding carboxylic acids is 2. The molecule has 0 aliphatic heterocycles. The Balaban J connectivity index is 1.93. The minimum atomic E-state index is -4.46. The third-order valence-electron chi connectivity index (χ3n) is 4.03. The summed E-state index contributed by atoms with van der Waals surface area (Å²) >= 11 is 0. The van der Waals surface area contributed by atoms with Crippen LogP contribution in [-0.2, 0) is 11.0 Å². The van der Waals surface area contributed by atoms with Crippen LogP contribution >= 0.6 is 0 Å². The van der Waals surface area contributed by atoms with Crippen molar-refractivity contribution >= 4 is 11.8 Å². The summed E-state index contributed by atoms with van der Waals surface area (Å²) in [5.41, 5.74) is 0.169. The number of likely N-dealkylation sites (N-methyl/N-ethyl adjacent to an activating group) is 1. The normalized spacial score (nSPS) is 12.5. The molecule has 2 aromatic rings. The molecule has 0 radical (unpaired) electrons. The van der Waals surface area contributed by atoms with Crippen molar-refractivity contribution < 1.29 is 27.7 Å². The molecular weight excluding hydrogens is 371 g/mol. The second-order valence-electron chi connectivity index (χ2n) is 6.70. The zero-order chi connectivity index (χ0) is 20.7. The number of hydrogen-bond acceptors (Lipinski definition) is 2. The van der Waals surface area contributed by atoms with Crippen LogP contribution in [0.4, 0.5) is 13.2 Å². The van der Waals surface area contributed by atoms with E-state index in [2.05, 4.69) is 10.6 Å². The van der Waals surface area contributed by atoms with Crippen molar-refractivity contribution in [2.75, 3.05) is 27.2 Å². The molecule has 0 heterocycles. The maximum absolute atomic E-state index is 12.6. The van der Waals surface area contributed by atoms with Crippen LogP contribution in [0, 0.1) is 0 Å². The van der Waals surface area contributed by atoms with E-state index >= 15 is 0 Å². The molecule has 0 aliphatic rings. The molecular formula is C20H23F3N3O2+. The van der Waals surface area contributed by atoms with E-state index < -0.39 is 17.6 Å². The van der Waals surface area contributed by atoms with Gasteiger partial charge in [0.15, 0.2) is 0 Å². The largest absolute Gasteiger partial charge is 0.416 e. The first-order valence-corrected chi connectivity index (χ1v) is 8.75. The number of hydrogen-bond donors (Lipinski definition) is 3. The first-order chi connectivity index (χ1) is 13.2. The van der Waals surface area contributed by atoms with Crippen molar-refractivity contribution in [2.45, 2.75) is 12.2 Å².